The van der Waals surface area contributed by atoms with E-state index >= 15 is 0 Å². The Balaban J connectivity index is 1.54. The van der Waals surface area contributed by atoms with Gasteiger partial charge in [-0.2, -0.15) is 0 Å². The number of carbonyl (C=O) groups is 2. The Morgan fingerprint density at radius 2 is 1.84 bits per heavy atom. The Morgan fingerprint density at radius 3 is 2.50 bits per heavy atom. The van der Waals surface area contributed by atoms with Crippen molar-refractivity contribution in [2.24, 2.45) is 0 Å². The van der Waals surface area contributed by atoms with Gasteiger partial charge < -0.3 is 14.8 Å². The summed E-state index contributed by atoms with van der Waals surface area (Å²) in [5, 5.41) is 24.1. The molecule has 2 N–H and O–H groups in total. The van der Waals surface area contributed by atoms with Gasteiger partial charge in [-0.15, -0.1) is 10.2 Å². The number of anilines is 2. The second-order valence-electron chi connectivity index (χ2n) is 6.03. The van der Waals surface area contributed by atoms with Gasteiger partial charge in [-0.25, -0.2) is 0 Å². The molecule has 32 heavy (non-hydrogen) atoms. The number of methoxy groups -OCH3 is 2. The van der Waals surface area contributed by atoms with Crippen LogP contribution < -0.4 is 20.1 Å². The largest absolute Gasteiger partial charge is 0.497 e. The number of non-ortho nitro benzene ring substituents is 1. The van der Waals surface area contributed by atoms with E-state index < -0.39 is 10.8 Å². The fourth-order valence-electron chi connectivity index (χ4n) is 2.45. The molecule has 0 saturated heterocycles. The molecule has 11 nitrogen and oxygen atoms in total. The van der Waals surface area contributed by atoms with Crippen LogP contribution >= 0.6 is 23.1 Å². The van der Waals surface area contributed by atoms with Gasteiger partial charge in [-0.3, -0.25) is 25.0 Å². The van der Waals surface area contributed by atoms with Crippen LogP contribution in [0.15, 0.2) is 46.8 Å². The maximum atomic E-state index is 12.3. The van der Waals surface area contributed by atoms with Gasteiger partial charge in [0.1, 0.15) is 11.5 Å². The first kappa shape index (κ1) is 23.0. The molecule has 0 aliphatic heterocycles. The predicted octanol–water partition coefficient (Wildman–Crippen LogP) is 3.45. The maximum absolute atomic E-state index is 12.3. The number of hydrogen-bond donors (Lipinski definition) is 2. The molecule has 1 aromatic heterocycles. The minimum Gasteiger partial charge on any atom is -0.497 e. The second kappa shape index (κ2) is 10.5. The van der Waals surface area contributed by atoms with Crippen LogP contribution in [0.5, 0.6) is 11.5 Å². The summed E-state index contributed by atoms with van der Waals surface area (Å²) in [4.78, 5) is 34.7. The lowest BCUT2D eigenvalue weighted by Gasteiger charge is -2.11. The van der Waals surface area contributed by atoms with E-state index in [4.69, 9.17) is 9.47 Å². The van der Waals surface area contributed by atoms with Crippen molar-refractivity contribution >= 4 is 51.4 Å². The van der Waals surface area contributed by atoms with Crippen molar-refractivity contribution in [2.45, 2.75) is 4.34 Å². The van der Waals surface area contributed by atoms with Gasteiger partial charge in [-0.1, -0.05) is 23.1 Å². The molecular formula is C19H17N5O6S2. The average Bonchev–Trinajstić information content (AvgIpc) is 3.24. The average molecular weight is 476 g/mol. The van der Waals surface area contributed by atoms with Gasteiger partial charge in [0.25, 0.3) is 11.6 Å². The number of nitro groups is 1. The van der Waals surface area contributed by atoms with Crippen molar-refractivity contribution in [1.29, 1.82) is 0 Å². The molecule has 0 atom stereocenters. The highest BCUT2D eigenvalue weighted by molar-refractivity contribution is 8.01. The molecule has 166 valence electrons. The van der Waals surface area contributed by atoms with Crippen LogP contribution in [0.2, 0.25) is 0 Å². The highest BCUT2D eigenvalue weighted by atomic mass is 32.2. The SMILES string of the molecule is COc1ccc(OC)c(NC(=O)CSc2nnc(NC(=O)c3ccc([N+](=O)[O-])cc3)s2)c1. The zero-order valence-electron chi connectivity index (χ0n) is 16.9. The molecule has 2 amide bonds. The molecule has 0 aliphatic rings. The topological polar surface area (TPSA) is 146 Å². The first-order chi connectivity index (χ1) is 15.4. The van der Waals surface area contributed by atoms with Crippen LogP contribution in [-0.2, 0) is 4.79 Å². The molecule has 3 aromatic rings. The van der Waals surface area contributed by atoms with Gasteiger partial charge in [0.05, 0.1) is 30.6 Å². The smallest absolute Gasteiger partial charge is 0.269 e. The van der Waals surface area contributed by atoms with E-state index in [-0.39, 0.29) is 28.0 Å². The number of nitro benzene ring substituents is 1. The number of benzene rings is 2. The van der Waals surface area contributed by atoms with Crippen molar-refractivity contribution < 1.29 is 24.0 Å². The number of nitrogens with zero attached hydrogens (tertiary/aromatic N) is 3. The van der Waals surface area contributed by atoms with E-state index in [1.165, 1.54) is 38.5 Å². The summed E-state index contributed by atoms with van der Waals surface area (Å²) in [7, 11) is 3.02. The van der Waals surface area contributed by atoms with Crippen molar-refractivity contribution in [3.63, 3.8) is 0 Å². The molecule has 0 saturated carbocycles. The molecule has 0 spiro atoms. The van der Waals surface area contributed by atoms with E-state index in [0.29, 0.717) is 21.5 Å². The van der Waals surface area contributed by atoms with E-state index in [1.807, 2.05) is 0 Å². The number of aromatic nitrogens is 2. The molecule has 2 aromatic carbocycles. The molecular weight excluding hydrogens is 458 g/mol. The fraction of sp³-hybridized carbons (Fsp3) is 0.158. The van der Waals surface area contributed by atoms with E-state index in [0.717, 1.165) is 23.1 Å². The zero-order valence-corrected chi connectivity index (χ0v) is 18.5. The van der Waals surface area contributed by atoms with Gasteiger partial charge >= 0.3 is 0 Å². The van der Waals surface area contributed by atoms with E-state index in [2.05, 4.69) is 20.8 Å². The molecule has 13 heteroatoms. The monoisotopic (exact) mass is 475 g/mol. The number of nitrogens with one attached hydrogen (secondary N) is 2. The summed E-state index contributed by atoms with van der Waals surface area (Å²) in [5.41, 5.74) is 0.610. The summed E-state index contributed by atoms with van der Waals surface area (Å²) >= 11 is 2.26. The summed E-state index contributed by atoms with van der Waals surface area (Å²) in [6.07, 6.45) is 0. The number of rotatable bonds is 9. The Kier molecular flexibility index (Phi) is 7.57. The normalized spacial score (nSPS) is 10.3. The number of carbonyl (C=O) groups excluding carboxylic acids is 2. The lowest BCUT2D eigenvalue weighted by atomic mass is 10.2. The van der Waals surface area contributed by atoms with E-state index in [9.17, 15) is 19.7 Å². The van der Waals surface area contributed by atoms with Crippen LogP contribution in [0.3, 0.4) is 0 Å². The van der Waals surface area contributed by atoms with Crippen molar-refractivity contribution in [3.8, 4) is 11.5 Å². The third-order valence-corrected chi connectivity index (χ3v) is 5.95. The molecule has 0 aliphatic carbocycles. The Labute approximate surface area is 190 Å². The lowest BCUT2D eigenvalue weighted by molar-refractivity contribution is -0.384. The number of amides is 2. The van der Waals surface area contributed by atoms with Gasteiger partial charge in [-0.05, 0) is 24.3 Å². The van der Waals surface area contributed by atoms with Gasteiger partial charge in [0.15, 0.2) is 4.34 Å². The summed E-state index contributed by atoms with van der Waals surface area (Å²) in [5.74, 6) is 0.372. The quantitative estimate of drug-likeness (QED) is 0.206. The fourth-order valence-corrected chi connectivity index (χ4v) is 3.99. The number of thioether (sulfide) groups is 1. The number of hydrogen-bond acceptors (Lipinski definition) is 10. The zero-order chi connectivity index (χ0) is 23.1. The Bertz CT molecular complexity index is 1140. The molecule has 1 heterocycles. The first-order valence-corrected chi connectivity index (χ1v) is 10.7. The minimum absolute atomic E-state index is 0.0608. The van der Waals surface area contributed by atoms with Gasteiger partial charge in [0.2, 0.25) is 11.0 Å². The number of ether oxygens (including phenoxy) is 2. The summed E-state index contributed by atoms with van der Waals surface area (Å²) < 4.78 is 10.9. The van der Waals surface area contributed by atoms with Crippen LogP contribution in [0.1, 0.15) is 10.4 Å². The van der Waals surface area contributed by atoms with Crippen LogP contribution in [0, 0.1) is 10.1 Å². The molecule has 0 radical (unpaired) electrons. The van der Waals surface area contributed by atoms with Crippen molar-refractivity contribution in [2.75, 3.05) is 30.6 Å². The molecule has 0 unspecified atom stereocenters. The minimum atomic E-state index is -0.545. The predicted molar refractivity (Wildman–Crippen MR) is 120 cm³/mol. The van der Waals surface area contributed by atoms with Crippen molar-refractivity contribution in [3.05, 3.63) is 58.1 Å². The highest BCUT2D eigenvalue weighted by Gasteiger charge is 2.14. The maximum Gasteiger partial charge on any atom is 0.269 e. The summed E-state index contributed by atoms with van der Waals surface area (Å²) in [6, 6.07) is 10.2. The second-order valence-corrected chi connectivity index (χ2v) is 8.23. The van der Waals surface area contributed by atoms with Crippen molar-refractivity contribution in [1.82, 2.24) is 10.2 Å². The van der Waals surface area contributed by atoms with Crippen LogP contribution in [0.4, 0.5) is 16.5 Å². The third kappa shape index (κ3) is 5.92. The summed E-state index contributed by atoms with van der Waals surface area (Å²) in [6.45, 7) is 0. The third-order valence-electron chi connectivity index (χ3n) is 3.97. The standard InChI is InChI=1S/C19H17N5O6S2/c1-29-13-7-8-15(30-2)14(9-13)20-16(25)10-31-19-23-22-18(32-19)21-17(26)11-3-5-12(6-4-11)24(27)28/h3-9H,10H2,1-2H3,(H,20,25)(H,21,22,26). The van der Waals surface area contributed by atoms with Crippen LogP contribution in [0.25, 0.3) is 0 Å². The van der Waals surface area contributed by atoms with E-state index in [1.54, 1.807) is 18.2 Å². The van der Waals surface area contributed by atoms with Gasteiger partial charge in [0, 0.05) is 23.8 Å². The molecule has 3 rings (SSSR count). The first-order valence-electron chi connectivity index (χ1n) is 8.93. The van der Waals surface area contributed by atoms with Crippen LogP contribution in [-0.4, -0.2) is 46.9 Å². The molecule has 0 fully saturated rings. The Hall–Kier alpha value is -3.71. The Morgan fingerprint density at radius 1 is 1.09 bits per heavy atom. The lowest BCUT2D eigenvalue weighted by Crippen LogP contribution is -2.14. The highest BCUT2D eigenvalue weighted by Crippen LogP contribution is 2.30. The molecule has 0 bridgehead atoms.